The van der Waals surface area contributed by atoms with Gasteiger partial charge in [0.2, 0.25) is 5.91 Å². The molecule has 1 aromatic carbocycles. The van der Waals surface area contributed by atoms with Crippen LogP contribution < -0.4 is 11.1 Å². The number of carbonyl (C=O) groups is 1. The molecule has 2 atom stereocenters. The first-order valence-corrected chi connectivity index (χ1v) is 5.79. The van der Waals surface area contributed by atoms with Crippen LogP contribution in [0.5, 0.6) is 0 Å². The zero-order chi connectivity index (χ0) is 14.8. The van der Waals surface area contributed by atoms with Gasteiger partial charge in [-0.05, 0) is 26.3 Å². The Balaban J connectivity index is 2.83. The van der Waals surface area contributed by atoms with Gasteiger partial charge in [-0.15, -0.1) is 0 Å². The van der Waals surface area contributed by atoms with E-state index in [-0.39, 0.29) is 0 Å². The number of hydrogen-bond acceptors (Lipinski definition) is 2. The van der Waals surface area contributed by atoms with E-state index < -0.39 is 23.7 Å². The molecule has 0 saturated heterocycles. The fourth-order valence-electron chi connectivity index (χ4n) is 1.50. The van der Waals surface area contributed by atoms with Crippen LogP contribution in [0.4, 0.5) is 13.2 Å². The molecule has 19 heavy (non-hydrogen) atoms. The topological polar surface area (TPSA) is 55.1 Å². The molecule has 0 bridgehead atoms. The van der Waals surface area contributed by atoms with Crippen molar-refractivity contribution in [3.8, 4) is 0 Å². The molecule has 0 radical (unpaired) electrons. The monoisotopic (exact) mass is 274 g/mol. The van der Waals surface area contributed by atoms with Gasteiger partial charge in [0.25, 0.3) is 0 Å². The molecule has 0 spiro atoms. The van der Waals surface area contributed by atoms with E-state index in [4.69, 9.17) is 5.73 Å². The van der Waals surface area contributed by atoms with Crippen molar-refractivity contribution in [2.75, 3.05) is 0 Å². The molecule has 1 aromatic rings. The number of amides is 1. The second-order valence-electron chi connectivity index (χ2n) is 4.81. The third-order valence-corrected chi connectivity index (χ3v) is 2.95. The molecule has 0 aliphatic carbocycles. The van der Waals surface area contributed by atoms with Gasteiger partial charge in [0, 0.05) is 0 Å². The molecule has 3 nitrogen and oxygen atoms in total. The number of rotatable bonds is 3. The van der Waals surface area contributed by atoms with Crippen molar-refractivity contribution < 1.29 is 18.0 Å². The number of hydrogen-bond donors (Lipinski definition) is 2. The number of alkyl halides is 3. The Labute approximate surface area is 110 Å². The minimum Gasteiger partial charge on any atom is -0.348 e. The van der Waals surface area contributed by atoms with Gasteiger partial charge in [0.15, 0.2) is 5.54 Å². The maximum Gasteiger partial charge on any atom is 0.415 e. The molecule has 0 aliphatic rings. The van der Waals surface area contributed by atoms with Crippen molar-refractivity contribution >= 4 is 5.91 Å². The largest absolute Gasteiger partial charge is 0.415 e. The van der Waals surface area contributed by atoms with Crippen LogP contribution in [0.25, 0.3) is 0 Å². The smallest absolute Gasteiger partial charge is 0.348 e. The lowest BCUT2D eigenvalue weighted by Gasteiger charge is -2.28. The summed E-state index contributed by atoms with van der Waals surface area (Å²) in [5.74, 6) is -1.24. The van der Waals surface area contributed by atoms with Gasteiger partial charge >= 0.3 is 6.18 Å². The summed E-state index contributed by atoms with van der Waals surface area (Å²) in [6, 6.07) is 6.63. The molecular weight excluding hydrogens is 257 g/mol. The van der Waals surface area contributed by atoms with E-state index in [0.717, 1.165) is 11.1 Å². The molecule has 0 saturated carbocycles. The molecule has 0 aliphatic heterocycles. The lowest BCUT2D eigenvalue weighted by molar-refractivity contribution is -0.187. The van der Waals surface area contributed by atoms with Gasteiger partial charge in [-0.2, -0.15) is 13.2 Å². The first-order chi connectivity index (χ1) is 8.55. The number of benzene rings is 1. The molecule has 1 unspecified atom stereocenters. The summed E-state index contributed by atoms with van der Waals surface area (Å²) in [7, 11) is 0. The Bertz CT molecular complexity index is 469. The van der Waals surface area contributed by atoms with Crippen LogP contribution >= 0.6 is 0 Å². The van der Waals surface area contributed by atoms with Gasteiger partial charge in [-0.1, -0.05) is 29.8 Å². The second kappa shape index (κ2) is 5.21. The van der Waals surface area contributed by atoms with Crippen molar-refractivity contribution in [1.29, 1.82) is 0 Å². The Hall–Kier alpha value is -1.56. The third kappa shape index (κ3) is 3.47. The Morgan fingerprint density at radius 2 is 1.95 bits per heavy atom. The fourth-order valence-corrected chi connectivity index (χ4v) is 1.50. The van der Waals surface area contributed by atoms with Crippen LogP contribution in [-0.4, -0.2) is 17.6 Å². The van der Waals surface area contributed by atoms with Crippen molar-refractivity contribution in [2.24, 2.45) is 5.73 Å². The molecule has 6 heteroatoms. The Kier molecular flexibility index (Phi) is 4.25. The van der Waals surface area contributed by atoms with E-state index >= 15 is 0 Å². The van der Waals surface area contributed by atoms with E-state index in [0.29, 0.717) is 6.92 Å². The molecule has 1 amide bonds. The average Bonchev–Trinajstić information content (AvgIpc) is 2.27. The van der Waals surface area contributed by atoms with Crippen molar-refractivity contribution in [1.82, 2.24) is 5.32 Å². The predicted molar refractivity (Wildman–Crippen MR) is 66.4 cm³/mol. The summed E-state index contributed by atoms with van der Waals surface area (Å²) >= 11 is 0. The lowest BCUT2D eigenvalue weighted by atomic mass is 10.00. The van der Waals surface area contributed by atoms with E-state index in [2.05, 4.69) is 5.32 Å². The molecule has 1 rings (SSSR count). The van der Waals surface area contributed by atoms with Gasteiger partial charge < -0.3 is 11.1 Å². The first kappa shape index (κ1) is 15.5. The summed E-state index contributed by atoms with van der Waals surface area (Å²) in [6.45, 7) is 4.13. The minimum atomic E-state index is -4.79. The normalized spacial score (nSPS) is 16.6. The van der Waals surface area contributed by atoms with Crippen LogP contribution in [-0.2, 0) is 4.79 Å². The molecule has 3 N–H and O–H groups in total. The van der Waals surface area contributed by atoms with E-state index in [1.54, 1.807) is 25.1 Å². The summed E-state index contributed by atoms with van der Waals surface area (Å²) in [5, 5.41) is 2.29. The first-order valence-electron chi connectivity index (χ1n) is 5.79. The number of carbonyl (C=O) groups excluding carboxylic acids is 1. The molecular formula is C13H17F3N2O. The number of nitrogens with two attached hydrogens (primary N) is 1. The van der Waals surface area contributed by atoms with Crippen LogP contribution in [0.1, 0.15) is 31.0 Å². The van der Waals surface area contributed by atoms with Crippen molar-refractivity contribution in [3.05, 3.63) is 35.4 Å². The Morgan fingerprint density at radius 3 is 2.42 bits per heavy atom. The number of aryl methyl sites for hydroxylation is 1. The van der Waals surface area contributed by atoms with Crippen LogP contribution in [0.15, 0.2) is 24.3 Å². The lowest BCUT2D eigenvalue weighted by Crippen LogP contribution is -2.61. The Morgan fingerprint density at radius 1 is 1.37 bits per heavy atom. The maximum atomic E-state index is 12.6. The fraction of sp³-hybridized carbons (Fsp3) is 0.462. The van der Waals surface area contributed by atoms with Gasteiger partial charge in [0.05, 0.1) is 6.04 Å². The zero-order valence-electron chi connectivity index (χ0n) is 11.0. The molecule has 0 heterocycles. The molecule has 0 fully saturated rings. The van der Waals surface area contributed by atoms with E-state index in [1.165, 1.54) is 0 Å². The second-order valence-corrected chi connectivity index (χ2v) is 4.81. The van der Waals surface area contributed by atoms with Crippen LogP contribution in [0.3, 0.4) is 0 Å². The summed E-state index contributed by atoms with van der Waals surface area (Å²) in [6.07, 6.45) is -4.79. The van der Waals surface area contributed by atoms with Crippen LogP contribution in [0.2, 0.25) is 0 Å². The average molecular weight is 274 g/mol. The SMILES string of the molecule is Cc1cccc([C@@H](C)NC(=O)C(C)(N)C(F)(F)F)c1. The van der Waals surface area contributed by atoms with Gasteiger partial charge in [-0.3, -0.25) is 4.79 Å². The summed E-state index contributed by atoms with van der Waals surface area (Å²) in [4.78, 5) is 11.6. The highest BCUT2D eigenvalue weighted by Gasteiger charge is 2.54. The highest BCUT2D eigenvalue weighted by atomic mass is 19.4. The molecule has 0 aromatic heterocycles. The van der Waals surface area contributed by atoms with Crippen molar-refractivity contribution in [2.45, 2.75) is 38.5 Å². The van der Waals surface area contributed by atoms with E-state index in [9.17, 15) is 18.0 Å². The van der Waals surface area contributed by atoms with Crippen LogP contribution in [0, 0.1) is 6.92 Å². The predicted octanol–water partition coefficient (Wildman–Crippen LogP) is 2.45. The molecule has 106 valence electrons. The minimum absolute atomic E-state index is 0.544. The zero-order valence-corrected chi connectivity index (χ0v) is 11.0. The van der Waals surface area contributed by atoms with Gasteiger partial charge in [0.1, 0.15) is 0 Å². The third-order valence-electron chi connectivity index (χ3n) is 2.95. The highest BCUT2D eigenvalue weighted by molar-refractivity contribution is 5.86. The summed E-state index contributed by atoms with van der Waals surface area (Å²) < 4.78 is 37.8. The number of halogens is 3. The van der Waals surface area contributed by atoms with E-state index in [1.807, 2.05) is 13.0 Å². The summed E-state index contributed by atoms with van der Waals surface area (Å²) in [5.41, 5.74) is 3.85. The van der Waals surface area contributed by atoms with Crippen molar-refractivity contribution in [3.63, 3.8) is 0 Å². The maximum absolute atomic E-state index is 12.6. The quantitative estimate of drug-likeness (QED) is 0.889. The number of nitrogens with one attached hydrogen (secondary N) is 1. The standard InChI is InChI=1S/C13H17F3N2O/c1-8-5-4-6-10(7-8)9(2)18-11(19)12(3,17)13(14,15)16/h4-7,9H,17H2,1-3H3,(H,18,19)/t9-,12?/m1/s1. The highest BCUT2D eigenvalue weighted by Crippen LogP contribution is 2.28. The van der Waals surface area contributed by atoms with Gasteiger partial charge in [-0.25, -0.2) is 0 Å².